The lowest BCUT2D eigenvalue weighted by Gasteiger charge is -2.28. The Bertz CT molecular complexity index is 771. The molecule has 0 spiro atoms. The summed E-state index contributed by atoms with van der Waals surface area (Å²) in [5, 5.41) is 2.99. The summed E-state index contributed by atoms with van der Waals surface area (Å²) < 4.78 is 15.9. The van der Waals surface area contributed by atoms with E-state index in [1.54, 1.807) is 14.2 Å². The van der Waals surface area contributed by atoms with Crippen molar-refractivity contribution < 1.29 is 19.0 Å². The maximum Gasteiger partial charge on any atom is 0.220 e. The number of nitrogens with one attached hydrogen (secondary N) is 1. The molecule has 1 aliphatic rings. The fraction of sp³-hybridized carbons (Fsp3) is 0.409. The lowest BCUT2D eigenvalue weighted by atomic mass is 10.1. The van der Waals surface area contributed by atoms with Crippen LogP contribution < -0.4 is 19.7 Å². The quantitative estimate of drug-likeness (QED) is 0.758. The van der Waals surface area contributed by atoms with Crippen molar-refractivity contribution in [2.24, 2.45) is 0 Å². The van der Waals surface area contributed by atoms with Crippen molar-refractivity contribution in [3.8, 4) is 11.5 Å². The van der Waals surface area contributed by atoms with Crippen LogP contribution in [0.25, 0.3) is 0 Å². The molecule has 0 radical (unpaired) electrons. The average Bonchev–Trinajstić information content (AvgIpc) is 2.77. The summed E-state index contributed by atoms with van der Waals surface area (Å²) >= 11 is 0. The fourth-order valence-electron chi connectivity index (χ4n) is 3.23. The van der Waals surface area contributed by atoms with E-state index in [1.807, 2.05) is 18.2 Å². The number of morpholine rings is 1. The number of aryl methyl sites for hydroxylation is 1. The van der Waals surface area contributed by atoms with Gasteiger partial charge in [0.2, 0.25) is 5.91 Å². The molecule has 1 saturated heterocycles. The van der Waals surface area contributed by atoms with Crippen molar-refractivity contribution in [1.29, 1.82) is 0 Å². The topological polar surface area (TPSA) is 60.0 Å². The van der Waals surface area contributed by atoms with Crippen molar-refractivity contribution >= 4 is 11.6 Å². The zero-order valence-corrected chi connectivity index (χ0v) is 16.6. The van der Waals surface area contributed by atoms with Gasteiger partial charge in [-0.3, -0.25) is 4.79 Å². The highest BCUT2D eigenvalue weighted by Gasteiger charge is 2.11. The van der Waals surface area contributed by atoms with Gasteiger partial charge in [-0.2, -0.15) is 0 Å². The van der Waals surface area contributed by atoms with Crippen molar-refractivity contribution in [3.63, 3.8) is 0 Å². The molecule has 1 N–H and O–H groups in total. The Morgan fingerprint density at radius 2 is 1.68 bits per heavy atom. The highest BCUT2D eigenvalue weighted by molar-refractivity contribution is 5.76. The lowest BCUT2D eigenvalue weighted by molar-refractivity contribution is -0.121. The molecule has 1 amide bonds. The van der Waals surface area contributed by atoms with E-state index in [-0.39, 0.29) is 5.91 Å². The first kappa shape index (κ1) is 20.0. The number of anilines is 1. The monoisotopic (exact) mass is 384 g/mol. The van der Waals surface area contributed by atoms with E-state index in [0.717, 1.165) is 37.4 Å². The molecule has 0 aliphatic carbocycles. The Morgan fingerprint density at radius 3 is 2.36 bits per heavy atom. The van der Waals surface area contributed by atoms with E-state index >= 15 is 0 Å². The second-order valence-electron chi connectivity index (χ2n) is 6.73. The van der Waals surface area contributed by atoms with Gasteiger partial charge in [-0.1, -0.05) is 18.2 Å². The molecular weight excluding hydrogens is 356 g/mol. The van der Waals surface area contributed by atoms with Gasteiger partial charge in [-0.05, 0) is 41.8 Å². The van der Waals surface area contributed by atoms with Gasteiger partial charge < -0.3 is 24.4 Å². The SMILES string of the molecule is COc1ccc(CCC(=O)NCc2ccc(N3CCOCC3)cc2)cc1OC. The van der Waals surface area contributed by atoms with Gasteiger partial charge in [-0.15, -0.1) is 0 Å². The number of carbonyl (C=O) groups excluding carboxylic acids is 1. The Labute approximate surface area is 166 Å². The van der Waals surface area contributed by atoms with Crippen LogP contribution in [0, 0.1) is 0 Å². The lowest BCUT2D eigenvalue weighted by Crippen LogP contribution is -2.36. The summed E-state index contributed by atoms with van der Waals surface area (Å²) in [5.41, 5.74) is 3.34. The maximum absolute atomic E-state index is 12.2. The maximum atomic E-state index is 12.2. The third kappa shape index (κ3) is 5.39. The van der Waals surface area contributed by atoms with Crippen molar-refractivity contribution in [1.82, 2.24) is 5.32 Å². The Morgan fingerprint density at radius 1 is 1.00 bits per heavy atom. The summed E-state index contributed by atoms with van der Waals surface area (Å²) in [4.78, 5) is 14.5. The van der Waals surface area contributed by atoms with E-state index in [0.29, 0.717) is 30.9 Å². The minimum absolute atomic E-state index is 0.0343. The predicted octanol–water partition coefficient (Wildman–Crippen LogP) is 2.79. The second-order valence-corrected chi connectivity index (χ2v) is 6.73. The number of amides is 1. The van der Waals surface area contributed by atoms with Gasteiger partial charge in [0.25, 0.3) is 0 Å². The largest absolute Gasteiger partial charge is 0.493 e. The number of rotatable bonds is 8. The smallest absolute Gasteiger partial charge is 0.220 e. The number of hydrogen-bond donors (Lipinski definition) is 1. The van der Waals surface area contributed by atoms with Crippen molar-refractivity contribution in [3.05, 3.63) is 53.6 Å². The Balaban J connectivity index is 1.45. The molecule has 1 aliphatic heterocycles. The van der Waals surface area contributed by atoms with Gasteiger partial charge in [0, 0.05) is 31.7 Å². The van der Waals surface area contributed by atoms with E-state index in [9.17, 15) is 4.79 Å². The minimum Gasteiger partial charge on any atom is -0.493 e. The van der Waals surface area contributed by atoms with Gasteiger partial charge in [0.1, 0.15) is 0 Å². The predicted molar refractivity (Wildman–Crippen MR) is 109 cm³/mol. The number of ether oxygens (including phenoxy) is 3. The summed E-state index contributed by atoms with van der Waals surface area (Å²) in [6.07, 6.45) is 1.09. The molecule has 150 valence electrons. The highest BCUT2D eigenvalue weighted by atomic mass is 16.5. The highest BCUT2D eigenvalue weighted by Crippen LogP contribution is 2.28. The molecule has 6 nitrogen and oxygen atoms in total. The molecule has 0 aromatic heterocycles. The molecular formula is C22H28N2O4. The van der Waals surface area contributed by atoms with Gasteiger partial charge in [0.05, 0.1) is 27.4 Å². The number of carbonyl (C=O) groups is 1. The van der Waals surface area contributed by atoms with E-state index in [2.05, 4.69) is 34.5 Å². The Hall–Kier alpha value is -2.73. The zero-order valence-electron chi connectivity index (χ0n) is 16.6. The van der Waals surface area contributed by atoms with Gasteiger partial charge >= 0.3 is 0 Å². The summed E-state index contributed by atoms with van der Waals surface area (Å²) in [5.74, 6) is 1.41. The fourth-order valence-corrected chi connectivity index (χ4v) is 3.23. The molecule has 0 saturated carbocycles. The molecule has 3 rings (SSSR count). The minimum atomic E-state index is 0.0343. The van der Waals surface area contributed by atoms with Crippen LogP contribution in [-0.4, -0.2) is 46.4 Å². The number of methoxy groups -OCH3 is 2. The number of benzene rings is 2. The van der Waals surface area contributed by atoms with Crippen LogP contribution in [0.5, 0.6) is 11.5 Å². The van der Waals surface area contributed by atoms with E-state index in [1.165, 1.54) is 5.69 Å². The molecule has 1 fully saturated rings. The summed E-state index contributed by atoms with van der Waals surface area (Å²) in [6.45, 7) is 3.93. The van der Waals surface area contributed by atoms with E-state index in [4.69, 9.17) is 14.2 Å². The van der Waals surface area contributed by atoms with Crippen LogP contribution >= 0.6 is 0 Å². The first-order chi connectivity index (χ1) is 13.7. The molecule has 2 aromatic carbocycles. The first-order valence-electron chi connectivity index (χ1n) is 9.59. The average molecular weight is 384 g/mol. The molecule has 0 bridgehead atoms. The molecule has 0 atom stereocenters. The second kappa shape index (κ2) is 9.99. The summed E-state index contributed by atoms with van der Waals surface area (Å²) in [7, 11) is 3.22. The zero-order chi connectivity index (χ0) is 19.8. The molecule has 6 heteroatoms. The molecule has 28 heavy (non-hydrogen) atoms. The van der Waals surface area contributed by atoms with Crippen LogP contribution in [0.1, 0.15) is 17.5 Å². The summed E-state index contributed by atoms with van der Waals surface area (Å²) in [6, 6.07) is 14.1. The third-order valence-corrected chi connectivity index (χ3v) is 4.89. The van der Waals surface area contributed by atoms with Crippen LogP contribution in [-0.2, 0) is 22.5 Å². The Kier molecular flexibility index (Phi) is 7.14. The normalized spacial score (nSPS) is 13.9. The van der Waals surface area contributed by atoms with Crippen LogP contribution in [0.3, 0.4) is 0 Å². The van der Waals surface area contributed by atoms with Crippen molar-refractivity contribution in [2.45, 2.75) is 19.4 Å². The molecule has 1 heterocycles. The first-order valence-corrected chi connectivity index (χ1v) is 9.59. The van der Waals surface area contributed by atoms with Crippen LogP contribution in [0.15, 0.2) is 42.5 Å². The molecule has 2 aromatic rings. The third-order valence-electron chi connectivity index (χ3n) is 4.89. The van der Waals surface area contributed by atoms with Gasteiger partial charge in [0.15, 0.2) is 11.5 Å². The van der Waals surface area contributed by atoms with Crippen molar-refractivity contribution in [2.75, 3.05) is 45.4 Å². The van der Waals surface area contributed by atoms with Crippen LogP contribution in [0.2, 0.25) is 0 Å². The standard InChI is InChI=1S/C22H28N2O4/c1-26-20-9-5-17(15-21(20)27-2)6-10-22(25)23-16-18-3-7-19(8-4-18)24-11-13-28-14-12-24/h3-5,7-9,15H,6,10-14,16H2,1-2H3,(H,23,25). The molecule has 0 unspecified atom stereocenters. The van der Waals surface area contributed by atoms with Gasteiger partial charge in [-0.25, -0.2) is 0 Å². The van der Waals surface area contributed by atoms with Crippen LogP contribution in [0.4, 0.5) is 5.69 Å². The number of nitrogens with zero attached hydrogens (tertiary/aromatic N) is 1. The number of hydrogen-bond acceptors (Lipinski definition) is 5. The van der Waals surface area contributed by atoms with E-state index < -0.39 is 0 Å².